The highest BCUT2D eigenvalue weighted by Crippen LogP contribution is 2.09. The van der Waals surface area contributed by atoms with Crippen LogP contribution in [0.4, 0.5) is 4.39 Å². The maximum Gasteiger partial charge on any atom is 0.140 e. The van der Waals surface area contributed by atoms with Crippen molar-refractivity contribution >= 4 is 0 Å². The number of aliphatic hydroxyl groups is 2. The number of halogens is 1. The van der Waals surface area contributed by atoms with Crippen LogP contribution in [0.15, 0.2) is 18.2 Å². The topological polar surface area (TPSA) is 76.3 Å². The van der Waals surface area contributed by atoms with Crippen LogP contribution in [0, 0.1) is 17.1 Å². The number of benzene rings is 1. The van der Waals surface area contributed by atoms with Crippen molar-refractivity contribution in [1.29, 1.82) is 5.26 Å². The third kappa shape index (κ3) is 3.28. The molecule has 0 aliphatic carbocycles. The minimum atomic E-state index is -0.549. The summed E-state index contributed by atoms with van der Waals surface area (Å²) >= 11 is 0. The van der Waals surface area contributed by atoms with E-state index in [4.69, 9.17) is 15.5 Å². The van der Waals surface area contributed by atoms with Crippen molar-refractivity contribution in [3.63, 3.8) is 0 Å². The number of aliphatic hydroxyl groups excluding tert-OH is 2. The van der Waals surface area contributed by atoms with Gasteiger partial charge in [0.1, 0.15) is 11.9 Å². The summed E-state index contributed by atoms with van der Waals surface area (Å²) in [7, 11) is 0. The minimum absolute atomic E-state index is 0.0103. The number of hydrogen-bond acceptors (Lipinski definition) is 4. The van der Waals surface area contributed by atoms with Crippen LogP contribution in [0.25, 0.3) is 0 Å². The maximum absolute atomic E-state index is 13.0. The van der Waals surface area contributed by atoms with Gasteiger partial charge in [0, 0.05) is 6.54 Å². The van der Waals surface area contributed by atoms with E-state index in [0.29, 0.717) is 6.54 Å². The fourth-order valence-corrected chi connectivity index (χ4v) is 1.22. The van der Waals surface area contributed by atoms with Crippen LogP contribution in [-0.4, -0.2) is 29.5 Å². The highest BCUT2D eigenvalue weighted by Gasteiger charge is 2.06. The van der Waals surface area contributed by atoms with E-state index in [1.54, 1.807) is 12.1 Å². The predicted octanol–water partition coefficient (Wildman–Crippen LogP) is 0.140. The zero-order valence-corrected chi connectivity index (χ0v) is 8.65. The van der Waals surface area contributed by atoms with E-state index < -0.39 is 11.9 Å². The first-order chi connectivity index (χ1) is 7.71. The summed E-state index contributed by atoms with van der Waals surface area (Å²) in [5, 5.41) is 29.1. The molecule has 1 rings (SSSR count). The van der Waals surface area contributed by atoms with Crippen molar-refractivity contribution in [3.05, 3.63) is 35.1 Å². The Bertz CT molecular complexity index is 386. The van der Waals surface area contributed by atoms with E-state index in [-0.39, 0.29) is 18.8 Å². The van der Waals surface area contributed by atoms with Crippen LogP contribution in [0.5, 0.6) is 0 Å². The maximum atomic E-state index is 13.0. The molecule has 0 aromatic heterocycles. The molecule has 0 aliphatic rings. The van der Waals surface area contributed by atoms with Gasteiger partial charge >= 0.3 is 0 Å². The molecule has 1 aromatic carbocycles. The smallest absolute Gasteiger partial charge is 0.140 e. The molecule has 3 N–H and O–H groups in total. The van der Waals surface area contributed by atoms with Crippen molar-refractivity contribution < 1.29 is 14.6 Å². The molecule has 1 aromatic rings. The van der Waals surface area contributed by atoms with Gasteiger partial charge in [-0.2, -0.15) is 5.26 Å². The van der Waals surface area contributed by atoms with E-state index >= 15 is 0 Å². The Hall–Kier alpha value is -1.48. The molecule has 0 unspecified atom stereocenters. The first-order valence-electron chi connectivity index (χ1n) is 4.85. The van der Waals surface area contributed by atoms with Gasteiger partial charge in [0.15, 0.2) is 0 Å². The van der Waals surface area contributed by atoms with Gasteiger partial charge in [0.2, 0.25) is 0 Å². The Labute approximate surface area is 93.0 Å². The molecular weight excluding hydrogens is 211 g/mol. The standard InChI is InChI=1S/C11H13FN2O2/c12-11-2-1-8(3-9(11)4-13)5-14-10(6-15)7-16/h1-3,10,14-16H,5-7H2. The molecule has 0 heterocycles. The monoisotopic (exact) mass is 224 g/mol. The molecule has 0 atom stereocenters. The van der Waals surface area contributed by atoms with Crippen molar-refractivity contribution in [2.45, 2.75) is 12.6 Å². The molecule has 0 aliphatic heterocycles. The fraction of sp³-hybridized carbons (Fsp3) is 0.364. The quantitative estimate of drug-likeness (QED) is 0.665. The van der Waals surface area contributed by atoms with Crippen LogP contribution in [0.3, 0.4) is 0 Å². The number of nitrogens with one attached hydrogen (secondary N) is 1. The summed E-state index contributed by atoms with van der Waals surface area (Å²) in [6.45, 7) is 0.00630. The normalized spacial score (nSPS) is 10.4. The van der Waals surface area contributed by atoms with Gasteiger partial charge in [-0.1, -0.05) is 6.07 Å². The second kappa shape index (κ2) is 6.18. The van der Waals surface area contributed by atoms with Crippen LogP contribution in [0.1, 0.15) is 11.1 Å². The summed E-state index contributed by atoms with van der Waals surface area (Å²) in [6, 6.07) is 5.56. The molecule has 86 valence electrons. The zero-order chi connectivity index (χ0) is 12.0. The average molecular weight is 224 g/mol. The van der Waals surface area contributed by atoms with Crippen LogP contribution in [-0.2, 0) is 6.54 Å². The summed E-state index contributed by atoms with van der Waals surface area (Å²) in [6.07, 6.45) is 0. The minimum Gasteiger partial charge on any atom is -0.395 e. The number of rotatable bonds is 5. The molecule has 0 bridgehead atoms. The first kappa shape index (κ1) is 12.6. The molecule has 0 spiro atoms. The zero-order valence-electron chi connectivity index (χ0n) is 8.65. The lowest BCUT2D eigenvalue weighted by Gasteiger charge is -2.13. The second-order valence-electron chi connectivity index (χ2n) is 3.37. The summed E-state index contributed by atoms with van der Waals surface area (Å²) in [4.78, 5) is 0. The van der Waals surface area contributed by atoms with Crippen molar-refractivity contribution in [2.24, 2.45) is 0 Å². The third-order valence-electron chi connectivity index (χ3n) is 2.19. The van der Waals surface area contributed by atoms with E-state index in [9.17, 15) is 4.39 Å². The summed E-state index contributed by atoms with van der Waals surface area (Å²) in [5.41, 5.74) is 0.716. The Morgan fingerprint density at radius 1 is 1.38 bits per heavy atom. The summed E-state index contributed by atoms with van der Waals surface area (Å²) < 4.78 is 13.0. The fourth-order valence-electron chi connectivity index (χ4n) is 1.22. The van der Waals surface area contributed by atoms with E-state index in [0.717, 1.165) is 5.56 Å². The van der Waals surface area contributed by atoms with Crippen LogP contribution < -0.4 is 5.32 Å². The molecule has 0 amide bonds. The Morgan fingerprint density at radius 3 is 2.62 bits per heavy atom. The van der Waals surface area contributed by atoms with E-state index in [1.807, 2.05) is 0 Å². The average Bonchev–Trinajstić information content (AvgIpc) is 2.32. The van der Waals surface area contributed by atoms with Crippen molar-refractivity contribution in [2.75, 3.05) is 13.2 Å². The van der Waals surface area contributed by atoms with Crippen LogP contribution in [0.2, 0.25) is 0 Å². The lowest BCUT2D eigenvalue weighted by molar-refractivity contribution is 0.170. The molecule has 0 fully saturated rings. The second-order valence-corrected chi connectivity index (χ2v) is 3.37. The van der Waals surface area contributed by atoms with Crippen LogP contribution >= 0.6 is 0 Å². The molecule has 0 radical (unpaired) electrons. The van der Waals surface area contributed by atoms with E-state index in [2.05, 4.69) is 5.32 Å². The number of hydrogen-bond donors (Lipinski definition) is 3. The first-order valence-corrected chi connectivity index (χ1v) is 4.85. The van der Waals surface area contributed by atoms with Gasteiger partial charge in [-0.25, -0.2) is 4.39 Å². The molecule has 4 nitrogen and oxygen atoms in total. The number of nitrogens with zero attached hydrogens (tertiary/aromatic N) is 1. The highest BCUT2D eigenvalue weighted by molar-refractivity contribution is 5.34. The molecular formula is C11H13FN2O2. The molecule has 16 heavy (non-hydrogen) atoms. The van der Waals surface area contributed by atoms with Gasteiger partial charge in [0.25, 0.3) is 0 Å². The Kier molecular flexibility index (Phi) is 4.86. The van der Waals surface area contributed by atoms with Gasteiger partial charge < -0.3 is 15.5 Å². The lowest BCUT2D eigenvalue weighted by atomic mass is 10.1. The van der Waals surface area contributed by atoms with Gasteiger partial charge in [0.05, 0.1) is 24.8 Å². The largest absolute Gasteiger partial charge is 0.395 e. The lowest BCUT2D eigenvalue weighted by Crippen LogP contribution is -2.35. The Morgan fingerprint density at radius 2 is 2.06 bits per heavy atom. The summed E-state index contributed by atoms with van der Waals surface area (Å²) in [5.74, 6) is -0.549. The SMILES string of the molecule is N#Cc1cc(CNC(CO)CO)ccc1F. The predicted molar refractivity (Wildman–Crippen MR) is 55.9 cm³/mol. The van der Waals surface area contributed by atoms with Gasteiger partial charge in [-0.15, -0.1) is 0 Å². The molecule has 5 heteroatoms. The van der Waals surface area contributed by atoms with Gasteiger partial charge in [-0.3, -0.25) is 0 Å². The van der Waals surface area contributed by atoms with Gasteiger partial charge in [-0.05, 0) is 17.7 Å². The van der Waals surface area contributed by atoms with Crippen molar-refractivity contribution in [3.8, 4) is 6.07 Å². The highest BCUT2D eigenvalue weighted by atomic mass is 19.1. The third-order valence-corrected chi connectivity index (χ3v) is 2.19. The van der Waals surface area contributed by atoms with Crippen molar-refractivity contribution in [1.82, 2.24) is 5.32 Å². The Balaban J connectivity index is 2.65. The molecule has 0 saturated heterocycles. The molecule has 0 saturated carbocycles. The number of nitriles is 1. The van der Waals surface area contributed by atoms with E-state index in [1.165, 1.54) is 12.1 Å².